The highest BCUT2D eigenvalue weighted by Gasteiger charge is 2.25. The first-order valence-electron chi connectivity index (χ1n) is 8.51. The minimum Gasteiger partial charge on any atom is -0.354 e. The van der Waals surface area contributed by atoms with Gasteiger partial charge in [0.05, 0.1) is 4.90 Å². The Labute approximate surface area is 169 Å². The number of hydrogen-bond acceptors (Lipinski definition) is 4. The summed E-state index contributed by atoms with van der Waals surface area (Å²) in [6.07, 6.45) is 2.95. The van der Waals surface area contributed by atoms with Crippen LogP contribution in [0.4, 0.5) is 0 Å². The van der Waals surface area contributed by atoms with Crippen LogP contribution in [0.2, 0.25) is 5.02 Å². The van der Waals surface area contributed by atoms with E-state index in [-0.39, 0.29) is 10.8 Å². The number of carbonyl (C=O) groups is 1. The molecule has 0 bridgehead atoms. The molecule has 0 heterocycles. The summed E-state index contributed by atoms with van der Waals surface area (Å²) in [5.74, 6) is 0.342. The van der Waals surface area contributed by atoms with E-state index in [2.05, 4.69) is 10.0 Å². The first kappa shape index (κ1) is 21.8. The van der Waals surface area contributed by atoms with Crippen molar-refractivity contribution in [1.82, 2.24) is 10.0 Å². The molecule has 0 saturated carbocycles. The molecule has 0 radical (unpaired) electrons. The van der Waals surface area contributed by atoms with Gasteiger partial charge in [0.2, 0.25) is 15.9 Å². The molecule has 2 rings (SSSR count). The molecule has 2 N–H and O–H groups in total. The molecule has 27 heavy (non-hydrogen) atoms. The average Bonchev–Trinajstić information content (AvgIpc) is 2.65. The highest BCUT2D eigenvalue weighted by atomic mass is 35.5. The molecule has 0 aliphatic carbocycles. The van der Waals surface area contributed by atoms with Crippen molar-refractivity contribution >= 4 is 39.3 Å². The first-order valence-corrected chi connectivity index (χ1v) is 11.8. The summed E-state index contributed by atoms with van der Waals surface area (Å²) in [5.41, 5.74) is 1.01. The first-order chi connectivity index (χ1) is 12.9. The second-order valence-electron chi connectivity index (χ2n) is 5.94. The van der Waals surface area contributed by atoms with Crippen LogP contribution >= 0.6 is 23.4 Å². The summed E-state index contributed by atoms with van der Waals surface area (Å²) in [7, 11) is -3.76. The molecule has 1 amide bonds. The summed E-state index contributed by atoms with van der Waals surface area (Å²) in [5, 5.41) is 3.46. The van der Waals surface area contributed by atoms with Crippen LogP contribution in [0.5, 0.6) is 0 Å². The van der Waals surface area contributed by atoms with E-state index in [1.54, 1.807) is 36.0 Å². The van der Waals surface area contributed by atoms with Gasteiger partial charge in [-0.25, -0.2) is 8.42 Å². The van der Waals surface area contributed by atoms with Gasteiger partial charge in [0, 0.05) is 11.6 Å². The maximum Gasteiger partial charge on any atom is 0.241 e. The molecule has 5 nitrogen and oxygen atoms in total. The maximum atomic E-state index is 12.5. The van der Waals surface area contributed by atoms with Crippen LogP contribution in [0.1, 0.15) is 12.0 Å². The van der Waals surface area contributed by atoms with Gasteiger partial charge >= 0.3 is 0 Å². The van der Waals surface area contributed by atoms with E-state index in [9.17, 15) is 13.2 Å². The molecule has 146 valence electrons. The summed E-state index contributed by atoms with van der Waals surface area (Å²) in [6, 6.07) is 14.7. The summed E-state index contributed by atoms with van der Waals surface area (Å²) in [6.45, 7) is 0.405. The standard InChI is InChI=1S/C19H23ClN2O3S2/c1-26-13-11-18(22-27(24,25)17-8-3-2-4-9-17)19(23)21-12-10-15-6-5-7-16(20)14-15/h2-9,14,18,22H,10-13H2,1H3,(H,21,23). The highest BCUT2D eigenvalue weighted by Crippen LogP contribution is 2.12. The van der Waals surface area contributed by atoms with Crippen LogP contribution in [0, 0.1) is 0 Å². The van der Waals surface area contributed by atoms with Gasteiger partial charge in [-0.3, -0.25) is 4.79 Å². The second-order valence-corrected chi connectivity index (χ2v) is 9.08. The SMILES string of the molecule is CSCCC(NS(=O)(=O)c1ccccc1)C(=O)NCCc1cccc(Cl)c1. The molecule has 2 aromatic rings. The van der Waals surface area contributed by atoms with E-state index in [4.69, 9.17) is 11.6 Å². The van der Waals surface area contributed by atoms with Gasteiger partial charge in [0.1, 0.15) is 6.04 Å². The fraction of sp³-hybridized carbons (Fsp3) is 0.316. The summed E-state index contributed by atoms with van der Waals surface area (Å²) >= 11 is 7.52. The number of rotatable bonds is 10. The van der Waals surface area contributed by atoms with Crippen molar-refractivity contribution in [1.29, 1.82) is 0 Å². The quantitative estimate of drug-likeness (QED) is 0.612. The van der Waals surface area contributed by atoms with Crippen LogP contribution < -0.4 is 10.0 Å². The van der Waals surface area contributed by atoms with Crippen LogP contribution in [0.3, 0.4) is 0 Å². The zero-order valence-corrected chi connectivity index (χ0v) is 17.4. The lowest BCUT2D eigenvalue weighted by atomic mass is 10.1. The Bertz CT molecular complexity index is 845. The van der Waals surface area contributed by atoms with Gasteiger partial charge in [-0.2, -0.15) is 16.5 Å². The lowest BCUT2D eigenvalue weighted by molar-refractivity contribution is -0.122. The van der Waals surface area contributed by atoms with Crippen molar-refractivity contribution in [2.24, 2.45) is 0 Å². The molecule has 0 saturated heterocycles. The third-order valence-electron chi connectivity index (χ3n) is 3.88. The molecular formula is C19H23ClN2O3S2. The van der Waals surface area contributed by atoms with Crippen molar-refractivity contribution in [3.05, 3.63) is 65.2 Å². The average molecular weight is 427 g/mol. The Morgan fingerprint density at radius 3 is 2.56 bits per heavy atom. The molecule has 0 aromatic heterocycles. The molecule has 0 spiro atoms. The largest absolute Gasteiger partial charge is 0.354 e. The van der Waals surface area contributed by atoms with E-state index in [1.807, 2.05) is 24.5 Å². The van der Waals surface area contributed by atoms with E-state index >= 15 is 0 Å². The second kappa shape index (κ2) is 10.7. The fourth-order valence-corrected chi connectivity index (χ4v) is 4.42. The number of benzene rings is 2. The van der Waals surface area contributed by atoms with Gasteiger partial charge in [-0.05, 0) is 54.7 Å². The smallest absolute Gasteiger partial charge is 0.241 e. The molecular weight excluding hydrogens is 404 g/mol. The topological polar surface area (TPSA) is 75.3 Å². The van der Waals surface area contributed by atoms with E-state index in [0.29, 0.717) is 30.2 Å². The number of nitrogens with one attached hydrogen (secondary N) is 2. The van der Waals surface area contributed by atoms with Gasteiger partial charge in [-0.1, -0.05) is 41.9 Å². The monoisotopic (exact) mass is 426 g/mol. The van der Waals surface area contributed by atoms with Crippen molar-refractivity contribution < 1.29 is 13.2 Å². The minimum atomic E-state index is -3.76. The summed E-state index contributed by atoms with van der Waals surface area (Å²) < 4.78 is 27.6. The molecule has 1 unspecified atom stereocenters. The molecule has 0 aliphatic rings. The third-order valence-corrected chi connectivity index (χ3v) is 6.25. The molecule has 2 aromatic carbocycles. The molecule has 1 atom stereocenters. The predicted molar refractivity (Wildman–Crippen MR) is 112 cm³/mol. The number of carbonyl (C=O) groups excluding carboxylic acids is 1. The van der Waals surface area contributed by atoms with Crippen LogP contribution in [0.25, 0.3) is 0 Å². The Morgan fingerprint density at radius 2 is 1.89 bits per heavy atom. The summed E-state index contributed by atoms with van der Waals surface area (Å²) in [4.78, 5) is 12.7. The number of sulfonamides is 1. The van der Waals surface area contributed by atoms with Crippen LogP contribution in [-0.2, 0) is 21.2 Å². The third kappa shape index (κ3) is 7.18. The fourth-order valence-electron chi connectivity index (χ4n) is 2.48. The minimum absolute atomic E-state index is 0.144. The van der Waals surface area contributed by atoms with Crippen LogP contribution in [-0.4, -0.2) is 38.9 Å². The van der Waals surface area contributed by atoms with E-state index in [1.165, 1.54) is 12.1 Å². The lowest BCUT2D eigenvalue weighted by Crippen LogP contribution is -2.47. The van der Waals surface area contributed by atoms with Crippen molar-refractivity contribution in [2.45, 2.75) is 23.8 Å². The van der Waals surface area contributed by atoms with E-state index in [0.717, 1.165) is 5.56 Å². The van der Waals surface area contributed by atoms with Gasteiger partial charge in [-0.15, -0.1) is 0 Å². The van der Waals surface area contributed by atoms with Crippen molar-refractivity contribution in [3.8, 4) is 0 Å². The highest BCUT2D eigenvalue weighted by molar-refractivity contribution is 7.98. The van der Waals surface area contributed by atoms with Crippen molar-refractivity contribution in [2.75, 3.05) is 18.6 Å². The Kier molecular flexibility index (Phi) is 8.63. The Morgan fingerprint density at radius 1 is 1.15 bits per heavy atom. The van der Waals surface area contributed by atoms with E-state index < -0.39 is 16.1 Å². The maximum absolute atomic E-state index is 12.5. The molecule has 0 aliphatic heterocycles. The molecule has 8 heteroatoms. The van der Waals surface area contributed by atoms with Gasteiger partial charge in [0.25, 0.3) is 0 Å². The number of amides is 1. The Hall–Kier alpha value is -1.54. The van der Waals surface area contributed by atoms with Crippen LogP contribution in [0.15, 0.2) is 59.5 Å². The normalized spacial score (nSPS) is 12.5. The number of thioether (sulfide) groups is 1. The Balaban J connectivity index is 1.98. The number of hydrogen-bond donors (Lipinski definition) is 2. The number of halogens is 1. The molecule has 0 fully saturated rings. The van der Waals surface area contributed by atoms with Crippen molar-refractivity contribution in [3.63, 3.8) is 0 Å². The zero-order valence-electron chi connectivity index (χ0n) is 15.0. The van der Waals surface area contributed by atoms with Gasteiger partial charge < -0.3 is 5.32 Å². The lowest BCUT2D eigenvalue weighted by Gasteiger charge is -2.18. The predicted octanol–water partition coefficient (Wildman–Crippen LogP) is 3.10. The van der Waals surface area contributed by atoms with Gasteiger partial charge in [0.15, 0.2) is 0 Å². The zero-order chi connectivity index (χ0) is 19.7.